The van der Waals surface area contributed by atoms with Crippen LogP contribution in [0, 0.1) is 23.7 Å². The lowest BCUT2D eigenvalue weighted by molar-refractivity contribution is -0.00449. The first kappa shape index (κ1) is 14.4. The van der Waals surface area contributed by atoms with Crippen LogP contribution in [0.5, 0.6) is 0 Å². The van der Waals surface area contributed by atoms with Gasteiger partial charge in [0.15, 0.2) is 0 Å². The Morgan fingerprint density at radius 2 is 1.33 bits per heavy atom. The van der Waals surface area contributed by atoms with Crippen molar-refractivity contribution in [2.24, 2.45) is 23.7 Å². The van der Waals surface area contributed by atoms with Crippen molar-refractivity contribution in [2.45, 2.75) is 78.2 Å². The van der Waals surface area contributed by atoms with Crippen LogP contribution in [0.1, 0.15) is 72.1 Å². The van der Waals surface area contributed by atoms with Gasteiger partial charge in [0.2, 0.25) is 0 Å². The van der Waals surface area contributed by atoms with Crippen molar-refractivity contribution in [1.82, 2.24) is 0 Å². The quantitative estimate of drug-likeness (QED) is 0.680. The number of hydrogen-bond donors (Lipinski definition) is 0. The molecule has 106 valence electrons. The monoisotopic (exact) mass is 252 g/mol. The van der Waals surface area contributed by atoms with Gasteiger partial charge in [0.05, 0.1) is 6.10 Å². The Hall–Kier alpha value is -0.0400. The van der Waals surface area contributed by atoms with Crippen LogP contribution in [0.2, 0.25) is 0 Å². The van der Waals surface area contributed by atoms with Gasteiger partial charge in [0.25, 0.3) is 0 Å². The molecule has 2 aliphatic carbocycles. The van der Waals surface area contributed by atoms with Gasteiger partial charge in [-0.25, -0.2) is 0 Å². The van der Waals surface area contributed by atoms with Crippen molar-refractivity contribution >= 4 is 0 Å². The van der Waals surface area contributed by atoms with E-state index in [2.05, 4.69) is 20.8 Å². The molecule has 0 heterocycles. The zero-order valence-corrected chi connectivity index (χ0v) is 12.7. The highest BCUT2D eigenvalue weighted by molar-refractivity contribution is 4.81. The molecule has 0 spiro atoms. The third-order valence-corrected chi connectivity index (χ3v) is 5.11. The van der Waals surface area contributed by atoms with Gasteiger partial charge in [0, 0.05) is 6.61 Å². The molecule has 18 heavy (non-hydrogen) atoms. The van der Waals surface area contributed by atoms with Crippen LogP contribution in [0.25, 0.3) is 0 Å². The molecule has 2 saturated carbocycles. The first-order chi connectivity index (χ1) is 8.65. The Morgan fingerprint density at radius 3 is 1.83 bits per heavy atom. The number of ether oxygens (including phenoxy) is 1. The summed E-state index contributed by atoms with van der Waals surface area (Å²) in [5.74, 6) is 3.75. The van der Waals surface area contributed by atoms with E-state index in [1.807, 2.05) is 0 Å². The third-order valence-electron chi connectivity index (χ3n) is 5.11. The second-order valence-corrected chi connectivity index (χ2v) is 7.28. The fourth-order valence-corrected chi connectivity index (χ4v) is 3.81. The number of hydrogen-bond acceptors (Lipinski definition) is 1. The van der Waals surface area contributed by atoms with Crippen molar-refractivity contribution < 1.29 is 4.74 Å². The molecule has 0 aromatic rings. The van der Waals surface area contributed by atoms with Gasteiger partial charge in [0.1, 0.15) is 0 Å². The summed E-state index contributed by atoms with van der Waals surface area (Å²) in [6, 6.07) is 0. The summed E-state index contributed by atoms with van der Waals surface area (Å²) in [5, 5.41) is 0. The van der Waals surface area contributed by atoms with Crippen LogP contribution < -0.4 is 0 Å². The SMILES string of the molecule is CC(C)COC1CCC(C2CCC(C)CC2)CC1. The zero-order valence-electron chi connectivity index (χ0n) is 12.7. The van der Waals surface area contributed by atoms with Crippen LogP contribution in [-0.4, -0.2) is 12.7 Å². The lowest BCUT2D eigenvalue weighted by Crippen LogP contribution is -2.28. The van der Waals surface area contributed by atoms with E-state index in [1.165, 1.54) is 51.4 Å². The maximum atomic E-state index is 6.00. The summed E-state index contributed by atoms with van der Waals surface area (Å²) in [7, 11) is 0. The predicted molar refractivity (Wildman–Crippen MR) is 77.7 cm³/mol. The van der Waals surface area contributed by atoms with Crippen molar-refractivity contribution in [1.29, 1.82) is 0 Å². The van der Waals surface area contributed by atoms with Crippen LogP contribution in [0.15, 0.2) is 0 Å². The molecule has 1 nitrogen and oxygen atoms in total. The van der Waals surface area contributed by atoms with Gasteiger partial charge in [-0.05, 0) is 62.2 Å². The molecule has 0 aliphatic heterocycles. The van der Waals surface area contributed by atoms with E-state index in [4.69, 9.17) is 4.74 Å². The molecular formula is C17H32O. The molecule has 0 atom stereocenters. The summed E-state index contributed by atoms with van der Waals surface area (Å²) < 4.78 is 6.00. The largest absolute Gasteiger partial charge is 0.378 e. The van der Waals surface area contributed by atoms with Gasteiger partial charge in [-0.1, -0.05) is 33.6 Å². The highest BCUT2D eigenvalue weighted by Crippen LogP contribution is 2.40. The summed E-state index contributed by atoms with van der Waals surface area (Å²) in [6.07, 6.45) is 12.1. The Kier molecular flexibility index (Phi) is 5.54. The molecule has 2 rings (SSSR count). The summed E-state index contributed by atoms with van der Waals surface area (Å²) in [4.78, 5) is 0. The minimum Gasteiger partial charge on any atom is -0.378 e. The average Bonchev–Trinajstić information content (AvgIpc) is 2.38. The predicted octanol–water partition coefficient (Wildman–Crippen LogP) is 5.04. The van der Waals surface area contributed by atoms with E-state index in [0.717, 1.165) is 24.4 Å². The highest BCUT2D eigenvalue weighted by atomic mass is 16.5. The molecule has 2 fully saturated rings. The van der Waals surface area contributed by atoms with E-state index in [0.29, 0.717) is 12.0 Å². The normalized spacial score (nSPS) is 38.0. The molecule has 0 amide bonds. The van der Waals surface area contributed by atoms with E-state index in [9.17, 15) is 0 Å². The zero-order chi connectivity index (χ0) is 13.0. The van der Waals surface area contributed by atoms with Crippen molar-refractivity contribution in [3.05, 3.63) is 0 Å². The van der Waals surface area contributed by atoms with E-state index in [1.54, 1.807) is 0 Å². The standard InChI is InChI=1S/C17H32O/c1-13(2)12-18-17-10-8-16(9-11-17)15-6-4-14(3)5-7-15/h13-17H,4-12H2,1-3H3. The molecule has 0 radical (unpaired) electrons. The molecule has 0 saturated heterocycles. The van der Waals surface area contributed by atoms with Gasteiger partial charge in [-0.2, -0.15) is 0 Å². The highest BCUT2D eigenvalue weighted by Gasteiger charge is 2.30. The number of rotatable bonds is 4. The lowest BCUT2D eigenvalue weighted by atomic mass is 9.71. The maximum Gasteiger partial charge on any atom is 0.0575 e. The first-order valence-electron chi connectivity index (χ1n) is 8.26. The molecule has 0 N–H and O–H groups in total. The summed E-state index contributed by atoms with van der Waals surface area (Å²) in [6.45, 7) is 7.87. The minimum atomic E-state index is 0.575. The maximum absolute atomic E-state index is 6.00. The Morgan fingerprint density at radius 1 is 0.833 bits per heavy atom. The molecule has 0 bridgehead atoms. The Bertz CT molecular complexity index is 220. The van der Waals surface area contributed by atoms with Gasteiger partial charge >= 0.3 is 0 Å². The van der Waals surface area contributed by atoms with Crippen LogP contribution in [-0.2, 0) is 4.74 Å². The van der Waals surface area contributed by atoms with Crippen molar-refractivity contribution in [2.75, 3.05) is 6.61 Å². The van der Waals surface area contributed by atoms with E-state index < -0.39 is 0 Å². The smallest absolute Gasteiger partial charge is 0.0575 e. The van der Waals surface area contributed by atoms with Crippen LogP contribution >= 0.6 is 0 Å². The molecule has 0 aromatic carbocycles. The first-order valence-corrected chi connectivity index (χ1v) is 8.26. The molecule has 0 unspecified atom stereocenters. The second kappa shape index (κ2) is 6.93. The Labute approximate surface area is 114 Å². The molecule has 2 aliphatic rings. The fraction of sp³-hybridized carbons (Fsp3) is 1.00. The third kappa shape index (κ3) is 4.26. The van der Waals surface area contributed by atoms with Gasteiger partial charge in [-0.3, -0.25) is 0 Å². The second-order valence-electron chi connectivity index (χ2n) is 7.28. The minimum absolute atomic E-state index is 0.575. The molecule has 1 heteroatoms. The van der Waals surface area contributed by atoms with Gasteiger partial charge in [-0.15, -0.1) is 0 Å². The van der Waals surface area contributed by atoms with Gasteiger partial charge < -0.3 is 4.74 Å². The summed E-state index contributed by atoms with van der Waals surface area (Å²) >= 11 is 0. The van der Waals surface area contributed by atoms with Crippen molar-refractivity contribution in [3.63, 3.8) is 0 Å². The lowest BCUT2D eigenvalue weighted by Gasteiger charge is -2.37. The average molecular weight is 252 g/mol. The topological polar surface area (TPSA) is 9.23 Å². The van der Waals surface area contributed by atoms with Crippen LogP contribution in [0.4, 0.5) is 0 Å². The van der Waals surface area contributed by atoms with E-state index in [-0.39, 0.29) is 0 Å². The summed E-state index contributed by atoms with van der Waals surface area (Å²) in [5.41, 5.74) is 0. The van der Waals surface area contributed by atoms with Crippen molar-refractivity contribution in [3.8, 4) is 0 Å². The molecular weight excluding hydrogens is 220 g/mol. The molecule has 0 aromatic heterocycles. The van der Waals surface area contributed by atoms with Crippen LogP contribution in [0.3, 0.4) is 0 Å². The Balaban J connectivity index is 1.67. The van der Waals surface area contributed by atoms with E-state index >= 15 is 0 Å². The fourth-order valence-electron chi connectivity index (χ4n) is 3.81.